The van der Waals surface area contributed by atoms with E-state index in [1.165, 1.54) is 6.20 Å². The first-order valence-corrected chi connectivity index (χ1v) is 21.3. The Morgan fingerprint density at radius 1 is 0.982 bits per heavy atom. The largest absolute Gasteiger partial charge is 0.490 e. The van der Waals surface area contributed by atoms with Gasteiger partial charge in [0.05, 0.1) is 21.0 Å². The van der Waals surface area contributed by atoms with Crippen molar-refractivity contribution in [2.45, 2.75) is 44.6 Å². The second-order valence-corrected chi connectivity index (χ2v) is 18.0. The van der Waals surface area contributed by atoms with Gasteiger partial charge in [-0.15, -0.1) is 0 Å². The minimum absolute atomic E-state index is 0.105. The van der Waals surface area contributed by atoms with Crippen LogP contribution in [0.25, 0.3) is 10.9 Å². The highest BCUT2D eigenvalue weighted by atomic mass is 79.9. The quantitative estimate of drug-likeness (QED) is 0.108. The number of pyridine rings is 2. The Labute approximate surface area is 333 Å². The van der Waals surface area contributed by atoms with Gasteiger partial charge in [0.1, 0.15) is 24.5 Å². The fourth-order valence-corrected chi connectivity index (χ4v) is 8.28. The van der Waals surface area contributed by atoms with Crippen LogP contribution in [0, 0.1) is 0 Å². The van der Waals surface area contributed by atoms with Crippen LogP contribution in [-0.4, -0.2) is 125 Å². The van der Waals surface area contributed by atoms with Crippen molar-refractivity contribution in [1.82, 2.24) is 29.7 Å². The van der Waals surface area contributed by atoms with E-state index in [1.807, 2.05) is 31.2 Å². The van der Waals surface area contributed by atoms with E-state index in [2.05, 4.69) is 63.3 Å². The zero-order valence-electron chi connectivity index (χ0n) is 31.6. The highest BCUT2D eigenvalue weighted by Crippen LogP contribution is 2.42. The van der Waals surface area contributed by atoms with Gasteiger partial charge in [0.2, 0.25) is 11.8 Å². The molecule has 1 aromatic carbocycles. The maximum atomic E-state index is 13.5. The number of halogens is 7. The van der Waals surface area contributed by atoms with E-state index in [-0.39, 0.29) is 17.5 Å². The lowest BCUT2D eigenvalue weighted by Gasteiger charge is -2.42. The van der Waals surface area contributed by atoms with Crippen LogP contribution < -0.4 is 25.6 Å². The Morgan fingerprint density at radius 2 is 1.65 bits per heavy atom. The van der Waals surface area contributed by atoms with Gasteiger partial charge < -0.3 is 34.8 Å². The van der Waals surface area contributed by atoms with Gasteiger partial charge in [0.25, 0.3) is 0 Å². The topological polar surface area (TPSA) is 149 Å². The predicted octanol–water partition coefficient (Wildman–Crippen LogP) is 7.27. The number of nitrogens with zero attached hydrogens (tertiary/aromatic N) is 7. The van der Waals surface area contributed by atoms with Crippen molar-refractivity contribution in [3.05, 3.63) is 52.8 Å². The number of carboxylic acid groups (broad SMARTS) is 1. The number of piperidine rings is 1. The number of anilines is 5. The Morgan fingerprint density at radius 3 is 2.25 bits per heavy atom. The van der Waals surface area contributed by atoms with Crippen molar-refractivity contribution in [2.75, 3.05) is 81.8 Å². The molecule has 0 aliphatic carbocycles. The molecular weight excluding hydrogens is 847 g/mol. The number of nitrogens with one attached hydrogen (secondary N) is 2. The van der Waals surface area contributed by atoms with E-state index in [0.717, 1.165) is 63.1 Å². The first-order chi connectivity index (χ1) is 26.7. The molecule has 0 radical (unpaired) electrons. The van der Waals surface area contributed by atoms with Crippen LogP contribution in [0.3, 0.4) is 0 Å². The summed E-state index contributed by atoms with van der Waals surface area (Å²) in [4.78, 5) is 34.1. The molecule has 2 fully saturated rings. The number of likely N-dealkylation sites (N-methyl/N-ethyl adjacent to an activating group) is 1. The Bertz CT molecular complexity index is 2090. The van der Waals surface area contributed by atoms with Crippen LogP contribution in [0.4, 0.5) is 55.3 Å². The van der Waals surface area contributed by atoms with Gasteiger partial charge in [-0.3, -0.25) is 9.88 Å². The van der Waals surface area contributed by atoms with Crippen molar-refractivity contribution in [3.8, 4) is 5.88 Å². The summed E-state index contributed by atoms with van der Waals surface area (Å²) in [5.74, 6) is -1.85. The number of aliphatic carboxylic acids is 1. The molecule has 2 saturated heterocycles. The lowest BCUT2D eigenvalue weighted by atomic mass is 10.0. The van der Waals surface area contributed by atoms with E-state index in [1.54, 1.807) is 25.6 Å². The molecular formula is C36H43BrF6N9O4P. The van der Waals surface area contributed by atoms with Crippen molar-refractivity contribution in [2.24, 2.45) is 0 Å². The molecule has 5 heterocycles. The molecule has 3 N–H and O–H groups in total. The third-order valence-corrected chi connectivity index (χ3v) is 11.5. The van der Waals surface area contributed by atoms with Gasteiger partial charge in [-0.2, -0.15) is 36.3 Å². The zero-order chi connectivity index (χ0) is 41.7. The summed E-state index contributed by atoms with van der Waals surface area (Å²) in [6, 6.07) is 9.70. The Kier molecular flexibility index (Phi) is 13.9. The second-order valence-electron chi connectivity index (χ2n) is 14.0. The molecule has 4 aromatic rings. The van der Waals surface area contributed by atoms with Crippen LogP contribution in [0.2, 0.25) is 0 Å². The molecule has 3 aromatic heterocycles. The third-order valence-electron chi connectivity index (χ3n) is 9.39. The van der Waals surface area contributed by atoms with E-state index in [4.69, 9.17) is 19.6 Å². The number of hydrogen-bond donors (Lipinski definition) is 3. The number of fused-ring (bicyclic) bond motifs is 1. The standard InChI is InChI=1S/C34H42BrF3N9O2P.C2HF3O2/c1-5-22-19-27(32(49-21-34(36,37)38)44-31(22)47-13-10-24(11-14-47)46-17-15-45(2)16-18-46)42-33-40-20-25(35)30(43-33)41-26-9-8-23-7-6-12-39-28(23)29(26)50(3,4)48;3-2(4,5)1(6)7/h6-9,12,19-20,24H,5,10-11,13-18,21H2,1-4H3,(H2,40,41,42,43);(H,6,7). The molecule has 0 atom stereocenters. The average molecular weight is 891 g/mol. The molecule has 0 saturated carbocycles. The summed E-state index contributed by atoms with van der Waals surface area (Å²) in [5, 5.41) is 14.9. The average Bonchev–Trinajstić information content (AvgIpc) is 3.14. The summed E-state index contributed by atoms with van der Waals surface area (Å²) in [7, 11) is -0.668. The van der Waals surface area contributed by atoms with Gasteiger partial charge in [-0.05, 0) is 79.3 Å². The minimum atomic E-state index is -5.08. The molecule has 0 unspecified atom stereocenters. The van der Waals surface area contributed by atoms with Gasteiger partial charge in [-0.25, -0.2) is 9.78 Å². The smallest absolute Gasteiger partial charge is 0.475 e. The van der Waals surface area contributed by atoms with Crippen molar-refractivity contribution < 1.29 is 45.5 Å². The number of benzene rings is 1. The van der Waals surface area contributed by atoms with E-state index < -0.39 is 32.1 Å². The van der Waals surface area contributed by atoms with Crippen LogP contribution in [-0.2, 0) is 15.8 Å². The summed E-state index contributed by atoms with van der Waals surface area (Å²) in [6.45, 7) is 9.57. The summed E-state index contributed by atoms with van der Waals surface area (Å²) >= 11 is 3.50. The molecule has 2 aliphatic heterocycles. The monoisotopic (exact) mass is 889 g/mol. The maximum Gasteiger partial charge on any atom is 0.490 e. The number of aryl methyl sites for hydroxylation is 1. The normalized spacial score (nSPS) is 16.2. The SMILES string of the molecule is CCc1cc(Nc2ncc(Br)c(Nc3ccc4cccnc4c3P(C)(C)=O)n2)c(OCC(F)(F)F)nc1N1CCC(N2CCN(C)CC2)CC1.O=C(O)C(F)(F)F. The van der Waals surface area contributed by atoms with Gasteiger partial charge >= 0.3 is 18.3 Å². The summed E-state index contributed by atoms with van der Waals surface area (Å²) < 4.78 is 91.3. The number of carbonyl (C=O) groups is 1. The fraction of sp³-hybridized carbons (Fsp3) is 0.472. The lowest BCUT2D eigenvalue weighted by molar-refractivity contribution is -0.192. The van der Waals surface area contributed by atoms with Crippen LogP contribution in [0.1, 0.15) is 25.3 Å². The van der Waals surface area contributed by atoms with Crippen LogP contribution >= 0.6 is 23.1 Å². The number of carboxylic acids is 1. The lowest BCUT2D eigenvalue weighted by Crippen LogP contribution is -2.52. The molecule has 21 heteroatoms. The minimum Gasteiger partial charge on any atom is -0.475 e. The number of rotatable bonds is 10. The number of piperazine rings is 1. The van der Waals surface area contributed by atoms with Gasteiger partial charge in [0, 0.05) is 63.1 Å². The molecule has 0 bridgehead atoms. The predicted molar refractivity (Wildman–Crippen MR) is 210 cm³/mol. The molecule has 6 rings (SSSR count). The first-order valence-electron chi connectivity index (χ1n) is 17.9. The zero-order valence-corrected chi connectivity index (χ0v) is 34.1. The van der Waals surface area contributed by atoms with Crippen molar-refractivity contribution >= 4 is 74.2 Å². The number of alkyl halides is 6. The fourth-order valence-electron chi connectivity index (χ4n) is 6.58. The molecule has 310 valence electrons. The van der Waals surface area contributed by atoms with E-state index in [0.29, 0.717) is 45.1 Å². The van der Waals surface area contributed by atoms with Crippen molar-refractivity contribution in [1.29, 1.82) is 0 Å². The van der Waals surface area contributed by atoms with E-state index >= 15 is 0 Å². The molecule has 0 spiro atoms. The molecule has 0 amide bonds. The Hall–Kier alpha value is -4.26. The number of hydrogen-bond acceptors (Lipinski definition) is 12. The first kappa shape index (κ1) is 43.9. The van der Waals surface area contributed by atoms with Gasteiger partial charge in [0.15, 0.2) is 6.61 Å². The summed E-state index contributed by atoms with van der Waals surface area (Å²) in [5.41, 5.74) is 2.29. The molecule has 13 nitrogen and oxygen atoms in total. The van der Waals surface area contributed by atoms with E-state index in [9.17, 15) is 30.9 Å². The van der Waals surface area contributed by atoms with Gasteiger partial charge in [-0.1, -0.05) is 19.1 Å². The van der Waals surface area contributed by atoms with Crippen LogP contribution in [0.5, 0.6) is 5.88 Å². The summed E-state index contributed by atoms with van der Waals surface area (Å²) in [6.07, 6.45) is -3.94. The number of ether oxygens (including phenoxy) is 1. The number of aromatic nitrogens is 4. The highest BCUT2D eigenvalue weighted by molar-refractivity contribution is 9.10. The maximum absolute atomic E-state index is 13.5. The molecule has 2 aliphatic rings. The third kappa shape index (κ3) is 11.7. The second kappa shape index (κ2) is 18.1. The van der Waals surface area contributed by atoms with Crippen LogP contribution in [0.15, 0.2) is 47.2 Å². The molecule has 57 heavy (non-hydrogen) atoms. The highest BCUT2D eigenvalue weighted by Gasteiger charge is 2.38. The van der Waals surface area contributed by atoms with Crippen molar-refractivity contribution in [3.63, 3.8) is 0 Å². The Balaban J connectivity index is 0.000000811.